The second kappa shape index (κ2) is 7.16. The summed E-state index contributed by atoms with van der Waals surface area (Å²) in [6.07, 6.45) is 0. The normalized spacial score (nSPS) is 10.8. The molecule has 1 amide bonds. The molecular formula is C24H19NO3. The zero-order valence-corrected chi connectivity index (χ0v) is 15.7. The molecule has 1 heterocycles. The van der Waals surface area contributed by atoms with Gasteiger partial charge in [0.25, 0.3) is 5.91 Å². The van der Waals surface area contributed by atoms with Crippen LogP contribution >= 0.6 is 0 Å². The molecule has 1 aromatic heterocycles. The number of hydrogen-bond donors (Lipinski definition) is 1. The number of carbonyl (C=O) groups is 1. The summed E-state index contributed by atoms with van der Waals surface area (Å²) < 4.78 is 5.39. The van der Waals surface area contributed by atoms with Crippen LogP contribution in [0.25, 0.3) is 22.1 Å². The summed E-state index contributed by atoms with van der Waals surface area (Å²) in [5.74, 6) is -0.189. The van der Waals surface area contributed by atoms with Gasteiger partial charge in [0.2, 0.25) is 0 Å². The topological polar surface area (TPSA) is 59.3 Å². The predicted octanol–water partition coefficient (Wildman–Crippen LogP) is 5.33. The summed E-state index contributed by atoms with van der Waals surface area (Å²) in [4.78, 5) is 24.9. The number of benzene rings is 3. The van der Waals surface area contributed by atoms with E-state index in [0.717, 1.165) is 22.2 Å². The van der Waals surface area contributed by atoms with Gasteiger partial charge >= 0.3 is 5.63 Å². The summed E-state index contributed by atoms with van der Waals surface area (Å²) in [5.41, 5.74) is 4.75. The zero-order chi connectivity index (χ0) is 19.7. The lowest BCUT2D eigenvalue weighted by atomic mass is 10.0. The van der Waals surface area contributed by atoms with Gasteiger partial charge in [0, 0.05) is 16.6 Å². The van der Waals surface area contributed by atoms with Gasteiger partial charge in [-0.05, 0) is 60.9 Å². The Bertz CT molecular complexity index is 1240. The molecule has 0 unspecified atom stereocenters. The lowest BCUT2D eigenvalue weighted by molar-refractivity contribution is 0.102. The molecule has 0 fully saturated rings. The number of hydrogen-bond acceptors (Lipinski definition) is 3. The van der Waals surface area contributed by atoms with Crippen molar-refractivity contribution < 1.29 is 9.21 Å². The van der Waals surface area contributed by atoms with Crippen LogP contribution in [0.4, 0.5) is 5.69 Å². The standard InChI is InChI=1S/C24H19NO3/c1-15-7-8-16(2)21(13-15)25-23(26)18-11-9-17(10-12-18)20-14-19-5-3-4-6-22(19)28-24(20)27/h3-14H,1-2H3,(H,25,26). The number of aryl methyl sites for hydroxylation is 2. The van der Waals surface area contributed by atoms with Crippen LogP contribution in [0.5, 0.6) is 0 Å². The van der Waals surface area contributed by atoms with E-state index < -0.39 is 5.63 Å². The SMILES string of the molecule is Cc1ccc(C)c(NC(=O)c2ccc(-c3cc4ccccc4oc3=O)cc2)c1. The van der Waals surface area contributed by atoms with Crippen molar-refractivity contribution in [2.45, 2.75) is 13.8 Å². The number of nitrogens with one attached hydrogen (secondary N) is 1. The minimum atomic E-state index is -0.397. The molecule has 3 aromatic carbocycles. The molecule has 1 N–H and O–H groups in total. The van der Waals surface area contributed by atoms with Crippen molar-refractivity contribution >= 4 is 22.6 Å². The number of para-hydroxylation sites is 1. The third-order valence-electron chi connectivity index (χ3n) is 4.74. The first-order valence-electron chi connectivity index (χ1n) is 9.03. The zero-order valence-electron chi connectivity index (χ0n) is 15.7. The van der Waals surface area contributed by atoms with Crippen LogP contribution in [-0.4, -0.2) is 5.91 Å². The fourth-order valence-electron chi connectivity index (χ4n) is 3.13. The van der Waals surface area contributed by atoms with Crippen molar-refractivity contribution in [3.05, 3.63) is 99.9 Å². The molecule has 4 heteroatoms. The highest BCUT2D eigenvalue weighted by Crippen LogP contribution is 2.22. The molecule has 0 saturated heterocycles. The Hall–Kier alpha value is -3.66. The largest absolute Gasteiger partial charge is 0.422 e. The monoisotopic (exact) mass is 369 g/mol. The summed E-state index contributed by atoms with van der Waals surface area (Å²) in [5, 5.41) is 3.80. The number of anilines is 1. The third-order valence-corrected chi connectivity index (χ3v) is 4.74. The van der Waals surface area contributed by atoms with Crippen LogP contribution in [-0.2, 0) is 0 Å². The van der Waals surface area contributed by atoms with Crippen molar-refractivity contribution in [3.63, 3.8) is 0 Å². The Balaban J connectivity index is 1.62. The van der Waals surface area contributed by atoms with Gasteiger partial charge in [-0.1, -0.05) is 42.5 Å². The van der Waals surface area contributed by atoms with Gasteiger partial charge in [0.15, 0.2) is 0 Å². The molecular weight excluding hydrogens is 350 g/mol. The number of fused-ring (bicyclic) bond motifs is 1. The van der Waals surface area contributed by atoms with Crippen LogP contribution < -0.4 is 10.9 Å². The molecule has 28 heavy (non-hydrogen) atoms. The van der Waals surface area contributed by atoms with E-state index in [2.05, 4.69) is 5.32 Å². The third kappa shape index (κ3) is 3.45. The number of rotatable bonds is 3. The second-order valence-electron chi connectivity index (χ2n) is 6.84. The maximum absolute atomic E-state index is 12.6. The number of carbonyl (C=O) groups excluding carboxylic acids is 1. The number of amides is 1. The molecule has 0 aliphatic rings. The van der Waals surface area contributed by atoms with E-state index in [1.165, 1.54) is 0 Å². The van der Waals surface area contributed by atoms with Crippen molar-refractivity contribution in [1.29, 1.82) is 0 Å². The molecule has 0 radical (unpaired) electrons. The van der Waals surface area contributed by atoms with Crippen LogP contribution in [0.1, 0.15) is 21.5 Å². The fourth-order valence-corrected chi connectivity index (χ4v) is 3.13. The van der Waals surface area contributed by atoms with Gasteiger partial charge in [-0.2, -0.15) is 0 Å². The first-order chi connectivity index (χ1) is 13.5. The van der Waals surface area contributed by atoms with Crippen molar-refractivity contribution in [2.24, 2.45) is 0 Å². The van der Waals surface area contributed by atoms with Crippen LogP contribution in [0.15, 0.2) is 82.0 Å². The molecule has 0 spiro atoms. The van der Waals surface area contributed by atoms with Crippen molar-refractivity contribution in [1.82, 2.24) is 0 Å². The fraction of sp³-hybridized carbons (Fsp3) is 0.0833. The molecule has 0 aliphatic heterocycles. The van der Waals surface area contributed by atoms with E-state index >= 15 is 0 Å². The highest BCUT2D eigenvalue weighted by Gasteiger charge is 2.11. The van der Waals surface area contributed by atoms with E-state index in [4.69, 9.17) is 4.42 Å². The molecule has 0 bridgehead atoms. The maximum atomic E-state index is 12.6. The second-order valence-corrected chi connectivity index (χ2v) is 6.84. The Kier molecular flexibility index (Phi) is 4.53. The van der Waals surface area contributed by atoms with Crippen molar-refractivity contribution in [2.75, 3.05) is 5.32 Å². The van der Waals surface area contributed by atoms with Gasteiger partial charge in [-0.15, -0.1) is 0 Å². The minimum Gasteiger partial charge on any atom is -0.422 e. The average molecular weight is 369 g/mol. The maximum Gasteiger partial charge on any atom is 0.344 e. The van der Waals surface area contributed by atoms with E-state index in [9.17, 15) is 9.59 Å². The molecule has 4 nitrogen and oxygen atoms in total. The molecule has 138 valence electrons. The molecule has 0 aliphatic carbocycles. The smallest absolute Gasteiger partial charge is 0.344 e. The molecule has 4 rings (SSSR count). The highest BCUT2D eigenvalue weighted by molar-refractivity contribution is 6.05. The summed E-state index contributed by atoms with van der Waals surface area (Å²) in [6, 6.07) is 22.1. The van der Waals surface area contributed by atoms with Crippen LogP contribution in [0.3, 0.4) is 0 Å². The van der Waals surface area contributed by atoms with Crippen LogP contribution in [0.2, 0.25) is 0 Å². The Morgan fingerprint density at radius 2 is 1.64 bits per heavy atom. The van der Waals surface area contributed by atoms with Crippen molar-refractivity contribution in [3.8, 4) is 11.1 Å². The van der Waals surface area contributed by atoms with E-state index in [1.807, 2.05) is 56.3 Å². The lowest BCUT2D eigenvalue weighted by Crippen LogP contribution is -2.13. The van der Waals surface area contributed by atoms with Gasteiger partial charge in [0.05, 0.1) is 5.56 Å². The summed E-state index contributed by atoms with van der Waals surface area (Å²) in [7, 11) is 0. The van der Waals surface area contributed by atoms with E-state index in [0.29, 0.717) is 22.3 Å². The molecule has 0 saturated carbocycles. The Labute approximate surface area is 162 Å². The first-order valence-corrected chi connectivity index (χ1v) is 9.03. The van der Waals surface area contributed by atoms with E-state index in [1.54, 1.807) is 30.3 Å². The molecule has 0 atom stereocenters. The molecule has 4 aromatic rings. The first kappa shape index (κ1) is 17.7. The summed E-state index contributed by atoms with van der Waals surface area (Å²) in [6.45, 7) is 3.94. The van der Waals surface area contributed by atoms with Gasteiger partial charge in [0.1, 0.15) is 5.58 Å². The predicted molar refractivity (Wildman–Crippen MR) is 112 cm³/mol. The van der Waals surface area contributed by atoms with Gasteiger partial charge in [-0.3, -0.25) is 4.79 Å². The van der Waals surface area contributed by atoms with Crippen LogP contribution in [0, 0.1) is 13.8 Å². The Morgan fingerprint density at radius 1 is 0.893 bits per heavy atom. The Morgan fingerprint density at radius 3 is 2.43 bits per heavy atom. The summed E-state index contributed by atoms with van der Waals surface area (Å²) >= 11 is 0. The lowest BCUT2D eigenvalue weighted by Gasteiger charge is -2.10. The van der Waals surface area contributed by atoms with E-state index in [-0.39, 0.29) is 5.91 Å². The highest BCUT2D eigenvalue weighted by atomic mass is 16.4. The average Bonchev–Trinajstić information content (AvgIpc) is 2.70. The van der Waals surface area contributed by atoms with Gasteiger partial charge in [-0.25, -0.2) is 4.79 Å². The quantitative estimate of drug-likeness (QED) is 0.497. The minimum absolute atomic E-state index is 0.189. The van der Waals surface area contributed by atoms with Gasteiger partial charge < -0.3 is 9.73 Å².